The summed E-state index contributed by atoms with van der Waals surface area (Å²) < 4.78 is 5.06. The lowest BCUT2D eigenvalue weighted by atomic mass is 10.2. The summed E-state index contributed by atoms with van der Waals surface area (Å²) in [6.45, 7) is 1.50. The number of rotatable bonds is 5. The molecule has 2 rings (SSSR count). The monoisotopic (exact) mass is 235 g/mol. The highest BCUT2D eigenvalue weighted by molar-refractivity contribution is 5.26. The van der Waals surface area contributed by atoms with E-state index in [4.69, 9.17) is 4.74 Å². The molecular formula is C11H13N3O3. The van der Waals surface area contributed by atoms with Gasteiger partial charge >= 0.3 is 0 Å². The van der Waals surface area contributed by atoms with Crippen LogP contribution in [-0.4, -0.2) is 28.1 Å². The number of hydrogen-bond acceptors (Lipinski definition) is 5. The standard InChI is InChI=1S/C11H13N3O3/c15-14(16)11-4-3-10(12-8-11)2-1-5-13-6-7-17-9-13/h3-4,6-8H,1-2,5,9H2. The molecule has 0 fully saturated rings. The van der Waals surface area contributed by atoms with E-state index in [2.05, 4.69) is 9.88 Å². The summed E-state index contributed by atoms with van der Waals surface area (Å²) in [6, 6.07) is 3.19. The Balaban J connectivity index is 1.78. The van der Waals surface area contributed by atoms with Crippen molar-refractivity contribution < 1.29 is 9.66 Å². The summed E-state index contributed by atoms with van der Waals surface area (Å²) in [4.78, 5) is 16.1. The Bertz CT molecular complexity index is 416. The maximum Gasteiger partial charge on any atom is 0.287 e. The van der Waals surface area contributed by atoms with Gasteiger partial charge in [0.1, 0.15) is 12.5 Å². The molecule has 1 aromatic heterocycles. The molecule has 2 heterocycles. The van der Waals surface area contributed by atoms with E-state index in [1.165, 1.54) is 12.3 Å². The molecule has 6 heteroatoms. The van der Waals surface area contributed by atoms with Crippen molar-refractivity contribution in [3.05, 3.63) is 46.6 Å². The summed E-state index contributed by atoms with van der Waals surface area (Å²) in [7, 11) is 0. The van der Waals surface area contributed by atoms with Crippen LogP contribution in [0.25, 0.3) is 0 Å². The molecule has 0 saturated heterocycles. The number of aromatic nitrogens is 1. The van der Waals surface area contributed by atoms with E-state index in [0.29, 0.717) is 6.73 Å². The molecule has 0 aromatic carbocycles. The van der Waals surface area contributed by atoms with Crippen LogP contribution in [0.15, 0.2) is 30.8 Å². The van der Waals surface area contributed by atoms with Gasteiger partial charge in [0.15, 0.2) is 6.73 Å². The van der Waals surface area contributed by atoms with Gasteiger partial charge < -0.3 is 9.64 Å². The fourth-order valence-corrected chi connectivity index (χ4v) is 1.59. The first kappa shape index (κ1) is 11.4. The average molecular weight is 235 g/mol. The maximum atomic E-state index is 10.4. The number of ether oxygens (including phenoxy) is 1. The molecule has 1 aromatic rings. The first-order valence-corrected chi connectivity index (χ1v) is 5.37. The van der Waals surface area contributed by atoms with Crippen LogP contribution in [0.3, 0.4) is 0 Å². The lowest BCUT2D eigenvalue weighted by Crippen LogP contribution is -2.17. The highest BCUT2D eigenvalue weighted by Crippen LogP contribution is 2.10. The smallest absolute Gasteiger partial charge is 0.287 e. The molecule has 0 amide bonds. The van der Waals surface area contributed by atoms with Gasteiger partial charge in [0.05, 0.1) is 4.92 Å². The Kier molecular flexibility index (Phi) is 3.54. The van der Waals surface area contributed by atoms with Crippen LogP contribution < -0.4 is 0 Å². The summed E-state index contributed by atoms with van der Waals surface area (Å²) in [5.41, 5.74) is 0.907. The van der Waals surface area contributed by atoms with Gasteiger partial charge in [-0.3, -0.25) is 15.1 Å². The molecule has 6 nitrogen and oxygen atoms in total. The third kappa shape index (κ3) is 3.17. The van der Waals surface area contributed by atoms with Crippen molar-refractivity contribution in [2.75, 3.05) is 13.3 Å². The fourth-order valence-electron chi connectivity index (χ4n) is 1.59. The molecular weight excluding hydrogens is 222 g/mol. The number of pyridine rings is 1. The quantitative estimate of drug-likeness (QED) is 0.573. The molecule has 0 saturated carbocycles. The number of aryl methyl sites for hydroxylation is 1. The summed E-state index contributed by atoms with van der Waals surface area (Å²) in [6.07, 6.45) is 6.63. The van der Waals surface area contributed by atoms with E-state index >= 15 is 0 Å². The first-order chi connectivity index (χ1) is 8.25. The Hall–Kier alpha value is -2.11. The van der Waals surface area contributed by atoms with E-state index in [9.17, 15) is 10.1 Å². The molecule has 1 aliphatic heterocycles. The van der Waals surface area contributed by atoms with Gasteiger partial charge in [-0.15, -0.1) is 0 Å². The second-order valence-electron chi connectivity index (χ2n) is 3.76. The second kappa shape index (κ2) is 5.29. The third-order valence-corrected chi connectivity index (χ3v) is 2.51. The maximum absolute atomic E-state index is 10.4. The van der Waals surface area contributed by atoms with Gasteiger partial charge in [0.25, 0.3) is 5.69 Å². The number of hydrogen-bond donors (Lipinski definition) is 0. The fraction of sp³-hybridized carbons (Fsp3) is 0.364. The molecule has 0 unspecified atom stereocenters. The minimum Gasteiger partial charge on any atom is -0.479 e. The average Bonchev–Trinajstić information content (AvgIpc) is 2.83. The van der Waals surface area contributed by atoms with Crippen molar-refractivity contribution in [3.8, 4) is 0 Å². The molecule has 1 aliphatic rings. The van der Waals surface area contributed by atoms with Crippen LogP contribution >= 0.6 is 0 Å². The Labute approximate surface area is 98.7 Å². The lowest BCUT2D eigenvalue weighted by Gasteiger charge is -2.12. The summed E-state index contributed by atoms with van der Waals surface area (Å²) in [5.74, 6) is 0. The molecule has 0 aliphatic carbocycles. The number of nitrogens with zero attached hydrogens (tertiary/aromatic N) is 3. The van der Waals surface area contributed by atoms with Gasteiger partial charge in [-0.25, -0.2) is 0 Å². The topological polar surface area (TPSA) is 68.5 Å². The molecule has 90 valence electrons. The molecule has 0 N–H and O–H groups in total. The van der Waals surface area contributed by atoms with E-state index in [0.717, 1.165) is 25.1 Å². The molecule has 0 atom stereocenters. The summed E-state index contributed by atoms with van der Waals surface area (Å²) in [5, 5.41) is 10.4. The van der Waals surface area contributed by atoms with Crippen LogP contribution in [-0.2, 0) is 11.2 Å². The zero-order chi connectivity index (χ0) is 12.1. The summed E-state index contributed by atoms with van der Waals surface area (Å²) >= 11 is 0. The van der Waals surface area contributed by atoms with Gasteiger partial charge in [0, 0.05) is 24.5 Å². The van der Waals surface area contributed by atoms with Crippen LogP contribution in [0.2, 0.25) is 0 Å². The van der Waals surface area contributed by atoms with E-state index < -0.39 is 4.92 Å². The van der Waals surface area contributed by atoms with Crippen molar-refractivity contribution in [2.45, 2.75) is 12.8 Å². The van der Waals surface area contributed by atoms with E-state index in [-0.39, 0.29) is 5.69 Å². The van der Waals surface area contributed by atoms with Crippen molar-refractivity contribution >= 4 is 5.69 Å². The predicted molar refractivity (Wildman–Crippen MR) is 61.0 cm³/mol. The van der Waals surface area contributed by atoms with Crippen LogP contribution in [0.4, 0.5) is 5.69 Å². The Morgan fingerprint density at radius 2 is 2.41 bits per heavy atom. The van der Waals surface area contributed by atoms with Crippen LogP contribution in [0, 0.1) is 10.1 Å². The van der Waals surface area contributed by atoms with Crippen LogP contribution in [0.1, 0.15) is 12.1 Å². The Morgan fingerprint density at radius 3 is 3.00 bits per heavy atom. The first-order valence-electron chi connectivity index (χ1n) is 5.37. The molecule has 17 heavy (non-hydrogen) atoms. The minimum atomic E-state index is -0.441. The van der Waals surface area contributed by atoms with E-state index in [1.807, 2.05) is 6.20 Å². The Morgan fingerprint density at radius 1 is 1.53 bits per heavy atom. The van der Waals surface area contributed by atoms with Gasteiger partial charge in [-0.05, 0) is 18.9 Å². The van der Waals surface area contributed by atoms with Crippen molar-refractivity contribution in [3.63, 3.8) is 0 Å². The highest BCUT2D eigenvalue weighted by Gasteiger charge is 2.07. The molecule has 0 radical (unpaired) electrons. The van der Waals surface area contributed by atoms with E-state index in [1.54, 1.807) is 12.3 Å². The lowest BCUT2D eigenvalue weighted by molar-refractivity contribution is -0.385. The highest BCUT2D eigenvalue weighted by atomic mass is 16.6. The molecule has 0 spiro atoms. The predicted octanol–water partition coefficient (Wildman–Crippen LogP) is 1.68. The zero-order valence-corrected chi connectivity index (χ0v) is 9.28. The van der Waals surface area contributed by atoms with Crippen LogP contribution in [0.5, 0.6) is 0 Å². The SMILES string of the molecule is O=[N+]([O-])c1ccc(CCCN2C=COC2)nc1. The van der Waals surface area contributed by atoms with Gasteiger partial charge in [-0.2, -0.15) is 0 Å². The minimum absolute atomic E-state index is 0.0321. The largest absolute Gasteiger partial charge is 0.479 e. The van der Waals surface area contributed by atoms with Crippen molar-refractivity contribution in [1.29, 1.82) is 0 Å². The third-order valence-electron chi connectivity index (χ3n) is 2.51. The zero-order valence-electron chi connectivity index (χ0n) is 9.28. The van der Waals surface area contributed by atoms with Gasteiger partial charge in [0.2, 0.25) is 0 Å². The second-order valence-corrected chi connectivity index (χ2v) is 3.76. The number of nitro groups is 1. The van der Waals surface area contributed by atoms with Crippen molar-refractivity contribution in [2.24, 2.45) is 0 Å². The normalized spacial score (nSPS) is 13.8. The van der Waals surface area contributed by atoms with Gasteiger partial charge in [-0.1, -0.05) is 0 Å². The van der Waals surface area contributed by atoms with Crippen molar-refractivity contribution in [1.82, 2.24) is 9.88 Å². The molecule has 0 bridgehead atoms.